The molecule has 24 heavy (non-hydrogen) atoms. The highest BCUT2D eigenvalue weighted by atomic mass is 35.5. The highest BCUT2D eigenvalue weighted by molar-refractivity contribution is 6.67. The molecule has 120 valence electrons. The largest absolute Gasteiger partial charge is 0.495 e. The van der Waals surface area contributed by atoms with Crippen molar-refractivity contribution in [3.8, 4) is 11.7 Å². The Morgan fingerprint density at radius 1 is 1.33 bits per heavy atom. The first kappa shape index (κ1) is 16.5. The molecule has 0 unspecified atom stereocenters. The smallest absolute Gasteiger partial charge is 0.271 e. The van der Waals surface area contributed by atoms with E-state index < -0.39 is 0 Å². The standard InChI is InChI=1S/C18H17BClN3O/c1-24-18-9-15(22-11-16(18)20)8-13-2-3-17(23-10-13)14-4-6-19(12-21)7-5-14/h2-4,9-11H,5-8H2,1H3. The fourth-order valence-electron chi connectivity index (χ4n) is 2.83. The lowest BCUT2D eigenvalue weighted by atomic mass is 9.44. The summed E-state index contributed by atoms with van der Waals surface area (Å²) in [6.07, 6.45) is 8.97. The highest BCUT2D eigenvalue weighted by Gasteiger charge is 2.19. The van der Waals surface area contributed by atoms with Crippen LogP contribution in [0.3, 0.4) is 0 Å². The van der Waals surface area contributed by atoms with Crippen molar-refractivity contribution in [2.24, 2.45) is 0 Å². The monoisotopic (exact) mass is 337 g/mol. The Morgan fingerprint density at radius 3 is 2.83 bits per heavy atom. The van der Waals surface area contributed by atoms with E-state index in [0.717, 1.165) is 36.0 Å². The molecule has 2 aromatic heterocycles. The minimum atomic E-state index is 0.152. The number of methoxy groups -OCH3 is 1. The summed E-state index contributed by atoms with van der Waals surface area (Å²) in [7, 11) is 1.59. The number of allylic oxidation sites excluding steroid dienone is 2. The Balaban J connectivity index is 1.71. The second-order valence-electron chi connectivity index (χ2n) is 5.87. The van der Waals surface area contributed by atoms with Crippen molar-refractivity contribution in [2.75, 3.05) is 7.11 Å². The summed E-state index contributed by atoms with van der Waals surface area (Å²) < 4.78 is 5.22. The van der Waals surface area contributed by atoms with Gasteiger partial charge in [0, 0.05) is 36.5 Å². The number of nitriles is 1. The second kappa shape index (κ2) is 7.50. The quantitative estimate of drug-likeness (QED) is 0.789. The minimum absolute atomic E-state index is 0.152. The van der Waals surface area contributed by atoms with Crippen LogP contribution in [0.15, 0.2) is 36.7 Å². The van der Waals surface area contributed by atoms with Gasteiger partial charge in [-0.05, 0) is 29.9 Å². The van der Waals surface area contributed by atoms with Crippen LogP contribution in [0.1, 0.15) is 23.4 Å². The van der Waals surface area contributed by atoms with Crippen molar-refractivity contribution >= 4 is 23.9 Å². The molecule has 2 aromatic rings. The van der Waals surface area contributed by atoms with Crippen LogP contribution < -0.4 is 4.74 Å². The normalized spacial score (nSPS) is 14.0. The zero-order valence-electron chi connectivity index (χ0n) is 13.5. The summed E-state index contributed by atoms with van der Waals surface area (Å²) in [6.45, 7) is 0.152. The molecule has 0 saturated carbocycles. The average Bonchev–Trinajstić information content (AvgIpc) is 2.64. The first-order chi connectivity index (χ1) is 11.7. The van der Waals surface area contributed by atoms with E-state index in [-0.39, 0.29) is 6.71 Å². The van der Waals surface area contributed by atoms with Gasteiger partial charge >= 0.3 is 0 Å². The Hall–Kier alpha value is -2.32. The number of hydrogen-bond donors (Lipinski definition) is 0. The number of aromatic nitrogens is 2. The molecule has 0 N–H and O–H groups in total. The molecule has 6 heteroatoms. The molecule has 0 radical (unpaired) electrons. The van der Waals surface area contributed by atoms with Gasteiger partial charge in [-0.15, -0.1) is 0 Å². The van der Waals surface area contributed by atoms with E-state index in [1.54, 1.807) is 13.3 Å². The fourth-order valence-corrected chi connectivity index (χ4v) is 3.01. The van der Waals surface area contributed by atoms with Gasteiger partial charge in [0.1, 0.15) is 10.8 Å². The summed E-state index contributed by atoms with van der Waals surface area (Å²) >= 11 is 6.00. The fraction of sp³-hybridized carbons (Fsp3) is 0.278. The summed E-state index contributed by atoms with van der Waals surface area (Å²) in [6, 6.07) is 5.96. The molecule has 1 aliphatic heterocycles. The first-order valence-electron chi connectivity index (χ1n) is 7.92. The third-order valence-corrected chi connectivity index (χ3v) is 4.51. The predicted molar refractivity (Wildman–Crippen MR) is 96.4 cm³/mol. The Morgan fingerprint density at radius 2 is 2.21 bits per heavy atom. The summed E-state index contributed by atoms with van der Waals surface area (Å²) in [5, 5.41) is 9.47. The van der Waals surface area contributed by atoms with E-state index in [1.165, 1.54) is 5.57 Å². The van der Waals surface area contributed by atoms with Crippen LogP contribution in [0.5, 0.6) is 5.75 Å². The Kier molecular flexibility index (Phi) is 5.17. The van der Waals surface area contributed by atoms with E-state index in [1.807, 2.05) is 18.3 Å². The number of nitrogens with zero attached hydrogens (tertiary/aromatic N) is 3. The second-order valence-corrected chi connectivity index (χ2v) is 6.28. The van der Waals surface area contributed by atoms with E-state index >= 15 is 0 Å². The topological polar surface area (TPSA) is 58.8 Å². The number of ether oxygens (including phenoxy) is 1. The summed E-state index contributed by atoms with van der Waals surface area (Å²) in [5.74, 6) is 2.96. The molecule has 0 amide bonds. The van der Waals surface area contributed by atoms with Crippen molar-refractivity contribution in [1.29, 1.82) is 5.26 Å². The molecule has 0 spiro atoms. The number of halogens is 1. The lowest BCUT2D eigenvalue weighted by Crippen LogP contribution is -2.12. The van der Waals surface area contributed by atoms with Gasteiger partial charge in [0.15, 0.2) is 0 Å². The van der Waals surface area contributed by atoms with Gasteiger partial charge in [0.2, 0.25) is 0 Å². The van der Waals surface area contributed by atoms with Crippen LogP contribution in [0.25, 0.3) is 5.57 Å². The SMILES string of the molecule is COc1cc(Cc2ccc(C3=CCB(C#N)CC3)nc2)ncc1Cl. The predicted octanol–water partition coefficient (Wildman–Crippen LogP) is 4.07. The molecule has 0 aromatic carbocycles. The molecular weight excluding hydrogens is 320 g/mol. The van der Waals surface area contributed by atoms with E-state index in [2.05, 4.69) is 28.1 Å². The number of rotatable bonds is 4. The van der Waals surface area contributed by atoms with Gasteiger partial charge in [-0.2, -0.15) is 0 Å². The van der Waals surface area contributed by atoms with Crippen molar-refractivity contribution in [3.63, 3.8) is 0 Å². The number of pyridine rings is 2. The molecule has 3 heterocycles. The van der Waals surface area contributed by atoms with Gasteiger partial charge in [-0.3, -0.25) is 9.97 Å². The van der Waals surface area contributed by atoms with Crippen molar-refractivity contribution in [1.82, 2.24) is 9.97 Å². The van der Waals surface area contributed by atoms with Crippen LogP contribution >= 0.6 is 11.6 Å². The maximum absolute atomic E-state index is 8.96. The van der Waals surface area contributed by atoms with Gasteiger partial charge in [0.05, 0.1) is 12.8 Å². The van der Waals surface area contributed by atoms with Gasteiger partial charge in [0.25, 0.3) is 6.71 Å². The molecule has 0 atom stereocenters. The van der Waals surface area contributed by atoms with E-state index in [0.29, 0.717) is 17.2 Å². The zero-order valence-corrected chi connectivity index (χ0v) is 14.3. The molecule has 0 fully saturated rings. The Labute approximate surface area is 147 Å². The molecule has 3 rings (SSSR count). The molecule has 0 aliphatic carbocycles. The molecule has 4 nitrogen and oxygen atoms in total. The van der Waals surface area contributed by atoms with Crippen molar-refractivity contribution < 1.29 is 4.74 Å². The zero-order chi connectivity index (χ0) is 16.9. The molecular formula is C18H17BClN3O. The van der Waals surface area contributed by atoms with Crippen LogP contribution in [-0.4, -0.2) is 23.8 Å². The lowest BCUT2D eigenvalue weighted by Gasteiger charge is -2.14. The molecule has 1 aliphatic rings. The summed E-state index contributed by atoms with van der Waals surface area (Å²) in [5.41, 5.74) is 4.21. The van der Waals surface area contributed by atoms with Crippen molar-refractivity contribution in [3.05, 3.63) is 58.6 Å². The van der Waals surface area contributed by atoms with Crippen LogP contribution in [-0.2, 0) is 6.42 Å². The highest BCUT2D eigenvalue weighted by Crippen LogP contribution is 2.27. The minimum Gasteiger partial charge on any atom is -0.495 e. The van der Waals surface area contributed by atoms with Crippen LogP contribution in [0, 0.1) is 11.2 Å². The van der Waals surface area contributed by atoms with Crippen LogP contribution in [0.2, 0.25) is 17.7 Å². The van der Waals surface area contributed by atoms with E-state index in [4.69, 9.17) is 21.6 Å². The van der Waals surface area contributed by atoms with E-state index in [9.17, 15) is 0 Å². The maximum atomic E-state index is 8.96. The average molecular weight is 338 g/mol. The Bertz CT molecular complexity index is 799. The van der Waals surface area contributed by atoms with Gasteiger partial charge < -0.3 is 4.74 Å². The molecule has 0 bridgehead atoms. The van der Waals surface area contributed by atoms with Crippen molar-refractivity contribution in [2.45, 2.75) is 25.5 Å². The summed E-state index contributed by atoms with van der Waals surface area (Å²) in [4.78, 5) is 8.90. The maximum Gasteiger partial charge on any atom is 0.271 e. The number of hydrogen-bond acceptors (Lipinski definition) is 4. The third kappa shape index (κ3) is 3.77. The van der Waals surface area contributed by atoms with Crippen LogP contribution in [0.4, 0.5) is 0 Å². The lowest BCUT2D eigenvalue weighted by molar-refractivity contribution is 0.414. The molecule has 0 saturated heterocycles. The van der Waals surface area contributed by atoms with Gasteiger partial charge in [-0.1, -0.05) is 30.1 Å². The first-order valence-corrected chi connectivity index (χ1v) is 8.29. The van der Waals surface area contributed by atoms with Gasteiger partial charge in [-0.25, -0.2) is 5.26 Å². The third-order valence-electron chi connectivity index (χ3n) is 4.23.